The number of carbonyl (C=O) groups is 2. The maximum absolute atomic E-state index is 14.5. The van der Waals surface area contributed by atoms with E-state index in [-0.39, 0.29) is 50.5 Å². The third-order valence-electron chi connectivity index (χ3n) is 14.1. The minimum absolute atomic E-state index is 0.00746. The van der Waals surface area contributed by atoms with E-state index in [4.69, 9.17) is 28.9 Å². The second-order valence-corrected chi connectivity index (χ2v) is 20.2. The summed E-state index contributed by atoms with van der Waals surface area (Å²) in [5.41, 5.74) is 2.76. The molecule has 2 amide bonds. The van der Waals surface area contributed by atoms with E-state index >= 15 is 0 Å². The first-order chi connectivity index (χ1) is 33.5. The topological polar surface area (TPSA) is 148 Å². The normalized spacial score (nSPS) is 22.2. The monoisotopic (exact) mass is 952 g/mol. The molecule has 1 fully saturated rings. The van der Waals surface area contributed by atoms with E-state index in [0.29, 0.717) is 36.6 Å². The molecule has 0 saturated heterocycles. The first-order valence-electron chi connectivity index (χ1n) is 26.0. The number of aliphatic hydroxyl groups excluding tert-OH is 2. The molecule has 0 radical (unpaired) electrons. The van der Waals surface area contributed by atoms with Crippen molar-refractivity contribution in [3.63, 3.8) is 0 Å². The van der Waals surface area contributed by atoms with Crippen LogP contribution in [0.5, 0.6) is 11.5 Å². The van der Waals surface area contributed by atoms with Gasteiger partial charge < -0.3 is 39.3 Å². The van der Waals surface area contributed by atoms with Crippen LogP contribution in [0.1, 0.15) is 154 Å². The highest BCUT2D eigenvalue weighted by Crippen LogP contribution is 2.62. The van der Waals surface area contributed by atoms with E-state index in [1.807, 2.05) is 57.2 Å². The summed E-state index contributed by atoms with van der Waals surface area (Å²) in [5, 5.41) is 30.0. The molecular formula is C57H81N3O9. The van der Waals surface area contributed by atoms with E-state index in [1.54, 1.807) is 17.0 Å². The van der Waals surface area contributed by atoms with E-state index in [1.165, 1.54) is 52.1 Å². The van der Waals surface area contributed by atoms with Gasteiger partial charge in [0.05, 0.1) is 31.9 Å². The van der Waals surface area contributed by atoms with Gasteiger partial charge in [0.2, 0.25) is 5.79 Å². The second kappa shape index (κ2) is 26.3. The highest BCUT2D eigenvalue weighted by Gasteiger charge is 2.65. The van der Waals surface area contributed by atoms with Crippen LogP contribution in [0.4, 0.5) is 9.59 Å². The second-order valence-electron chi connectivity index (χ2n) is 20.2. The highest BCUT2D eigenvalue weighted by atomic mass is 16.7. The van der Waals surface area contributed by atoms with Crippen LogP contribution in [0, 0.1) is 17.8 Å². The minimum atomic E-state index is -1.49. The number of fused-ring (bicyclic) bond motifs is 3. The smallest absolute Gasteiger partial charge is 0.412 e. The quantitative estimate of drug-likeness (QED) is 0.0386. The molecule has 3 aromatic carbocycles. The van der Waals surface area contributed by atoms with E-state index in [2.05, 4.69) is 43.1 Å². The van der Waals surface area contributed by atoms with Crippen LogP contribution in [-0.2, 0) is 20.9 Å². The van der Waals surface area contributed by atoms with Gasteiger partial charge in [-0.05, 0) is 105 Å². The van der Waals surface area contributed by atoms with Crippen LogP contribution in [-0.4, -0.2) is 83.9 Å². The van der Waals surface area contributed by atoms with Crippen molar-refractivity contribution < 1.29 is 43.6 Å². The van der Waals surface area contributed by atoms with E-state index in [0.717, 1.165) is 72.4 Å². The summed E-state index contributed by atoms with van der Waals surface area (Å²) >= 11 is 0. The lowest BCUT2D eigenvalue weighted by molar-refractivity contribution is -0.256. The fourth-order valence-electron chi connectivity index (χ4n) is 10.9. The van der Waals surface area contributed by atoms with Gasteiger partial charge in [-0.3, -0.25) is 4.90 Å². The van der Waals surface area contributed by atoms with Crippen LogP contribution < -0.4 is 14.8 Å². The van der Waals surface area contributed by atoms with Gasteiger partial charge in [0.25, 0.3) is 0 Å². The van der Waals surface area contributed by atoms with Gasteiger partial charge in [-0.25, -0.2) is 9.59 Å². The van der Waals surface area contributed by atoms with Crippen LogP contribution in [0.3, 0.4) is 0 Å². The number of allylic oxidation sites excluding steroid dienone is 1. The maximum Gasteiger partial charge on any atom is 0.412 e. The predicted octanol–water partition coefficient (Wildman–Crippen LogP) is 12.5. The number of hydrogen-bond donors (Lipinski definition) is 3. The third kappa shape index (κ3) is 13.9. The molecule has 6 rings (SSSR count). The van der Waals surface area contributed by atoms with Crippen molar-refractivity contribution in [2.24, 2.45) is 22.9 Å². The number of oxime groups is 1. The molecule has 12 heteroatoms. The van der Waals surface area contributed by atoms with Crippen molar-refractivity contribution in [3.8, 4) is 11.5 Å². The molecule has 0 unspecified atom stereocenters. The fraction of sp³-hybridized carbons (Fsp3) is 0.596. The first kappa shape index (κ1) is 53.4. The van der Waals surface area contributed by atoms with Gasteiger partial charge in [0.15, 0.2) is 0 Å². The van der Waals surface area contributed by atoms with Gasteiger partial charge in [-0.2, -0.15) is 0 Å². The molecule has 1 saturated carbocycles. The summed E-state index contributed by atoms with van der Waals surface area (Å²) in [6.07, 6.45) is 19.7. The SMILES string of the molecule is C=CCO[C@@]12Oc3ccc(OC(=O)NCCCCCCCCCCCC)cc3[C@H]3[C@H](CCCCO)[C@@H](CCCCO)C=C(C(=NOC(C)(C)C)C[C@@H]1N(Cc1cccc4ccccc14)C(=O)OC)[C@H]32. The van der Waals surface area contributed by atoms with Gasteiger partial charge in [0, 0.05) is 37.7 Å². The predicted molar refractivity (Wildman–Crippen MR) is 274 cm³/mol. The number of methoxy groups -OCH3 is 1. The summed E-state index contributed by atoms with van der Waals surface area (Å²) in [5.74, 6) is -1.35. The molecule has 1 heterocycles. The molecule has 378 valence electrons. The molecule has 0 aromatic heterocycles. The number of nitrogens with zero attached hydrogens (tertiary/aromatic N) is 2. The Labute approximate surface area is 411 Å². The van der Waals surface area contributed by atoms with E-state index < -0.39 is 35.5 Å². The average molecular weight is 952 g/mol. The Morgan fingerprint density at radius 3 is 2.29 bits per heavy atom. The Bertz CT molecular complexity index is 2180. The van der Waals surface area contributed by atoms with Crippen LogP contribution >= 0.6 is 0 Å². The molecular weight excluding hydrogens is 871 g/mol. The van der Waals surface area contributed by atoms with E-state index in [9.17, 15) is 19.8 Å². The van der Waals surface area contributed by atoms with Gasteiger partial charge in [-0.1, -0.05) is 137 Å². The molecule has 3 aliphatic rings. The molecule has 2 aliphatic carbocycles. The summed E-state index contributed by atoms with van der Waals surface area (Å²) < 4.78 is 26.2. The number of hydrogen-bond acceptors (Lipinski definition) is 10. The number of carbonyl (C=O) groups excluding carboxylic acids is 2. The van der Waals surface area contributed by atoms with Crippen molar-refractivity contribution in [2.75, 3.05) is 33.5 Å². The lowest BCUT2D eigenvalue weighted by atomic mass is 9.55. The Kier molecular flexibility index (Phi) is 20.4. The van der Waals surface area contributed by atoms with Crippen molar-refractivity contribution >= 4 is 28.7 Å². The lowest BCUT2D eigenvalue weighted by Gasteiger charge is -2.60. The molecule has 69 heavy (non-hydrogen) atoms. The third-order valence-corrected chi connectivity index (χ3v) is 14.1. The van der Waals surface area contributed by atoms with Crippen molar-refractivity contribution in [1.29, 1.82) is 0 Å². The Morgan fingerprint density at radius 2 is 1.59 bits per heavy atom. The zero-order chi connectivity index (χ0) is 49.2. The van der Waals surface area contributed by atoms with Crippen molar-refractivity contribution in [2.45, 2.75) is 167 Å². The van der Waals surface area contributed by atoms with Gasteiger partial charge in [0.1, 0.15) is 23.1 Å². The summed E-state index contributed by atoms with van der Waals surface area (Å²) in [4.78, 5) is 35.9. The first-order valence-corrected chi connectivity index (χ1v) is 26.0. The largest absolute Gasteiger partial charge is 0.459 e. The Balaban J connectivity index is 1.43. The number of benzene rings is 3. The highest BCUT2D eigenvalue weighted by molar-refractivity contribution is 6.03. The Hall–Kier alpha value is -4.91. The van der Waals surface area contributed by atoms with Crippen LogP contribution in [0.15, 0.2) is 90.1 Å². The standard InChI is InChI=1S/C57H81N3O9/c1-7-9-10-11-12-13-14-15-16-21-33-58-54(63)67-44-31-32-50-48(38-44)52-46(30-20-23-35-62)42(26-19-22-34-61)37-47-49(59-69-56(3,4)5)39-51(57(68-50,53(47)52)66-36-8-2)60(55(64)65-6)40-43-28-24-27-41-25-17-18-29-45(41)43/h8,17-18,24-25,27-29,31-32,37-38,42,46,51-53,61-62H,2,7,9-16,19-23,26,30,33-36,39-40H2,1,3-6H3,(H,58,63)/t42-,46+,51-,52+,53+,57+/m0/s1. The number of aliphatic hydroxyl groups is 2. The zero-order valence-corrected chi connectivity index (χ0v) is 42.2. The minimum Gasteiger partial charge on any atom is -0.459 e. The number of unbranched alkanes of at least 4 members (excludes halogenated alkanes) is 11. The molecule has 3 aromatic rings. The summed E-state index contributed by atoms with van der Waals surface area (Å²) in [7, 11) is 1.39. The van der Waals surface area contributed by atoms with Crippen LogP contribution in [0.2, 0.25) is 0 Å². The zero-order valence-electron chi connectivity index (χ0n) is 42.2. The van der Waals surface area contributed by atoms with Gasteiger partial charge >= 0.3 is 12.2 Å². The summed E-state index contributed by atoms with van der Waals surface area (Å²) in [6.45, 7) is 13.2. The number of rotatable bonds is 27. The number of nitrogens with one attached hydrogen (secondary N) is 1. The Morgan fingerprint density at radius 1 is 0.899 bits per heavy atom. The number of ether oxygens (including phenoxy) is 4. The van der Waals surface area contributed by atoms with Crippen LogP contribution in [0.25, 0.3) is 10.8 Å². The number of amides is 2. The molecule has 0 bridgehead atoms. The molecule has 1 aliphatic heterocycles. The maximum atomic E-state index is 14.5. The molecule has 0 spiro atoms. The average Bonchev–Trinajstić information content (AvgIpc) is 3.34. The molecule has 6 atom stereocenters. The lowest BCUT2D eigenvalue weighted by Crippen LogP contribution is -2.70. The molecule has 3 N–H and O–H groups in total. The van der Waals surface area contributed by atoms with Crippen molar-refractivity contribution in [3.05, 3.63) is 96.1 Å². The fourth-order valence-corrected chi connectivity index (χ4v) is 10.9. The van der Waals surface area contributed by atoms with Gasteiger partial charge in [-0.15, -0.1) is 6.58 Å². The summed E-state index contributed by atoms with van der Waals surface area (Å²) in [6, 6.07) is 19.0. The van der Waals surface area contributed by atoms with Crippen molar-refractivity contribution in [1.82, 2.24) is 10.2 Å². The molecule has 12 nitrogen and oxygen atoms in total.